The first-order valence-electron chi connectivity index (χ1n) is 7.03. The minimum absolute atomic E-state index is 0.562. The van der Waals surface area contributed by atoms with E-state index in [1.807, 2.05) is 0 Å². The number of hydrogen-bond donors (Lipinski definition) is 1. The van der Waals surface area contributed by atoms with E-state index in [2.05, 4.69) is 11.8 Å². The van der Waals surface area contributed by atoms with E-state index in [1.165, 1.54) is 25.7 Å². The van der Waals surface area contributed by atoms with Crippen LogP contribution in [0.15, 0.2) is 0 Å². The van der Waals surface area contributed by atoms with Crippen molar-refractivity contribution in [2.75, 3.05) is 31.1 Å². The summed E-state index contributed by atoms with van der Waals surface area (Å²) >= 11 is 0. The van der Waals surface area contributed by atoms with Crippen LogP contribution in [-0.2, 0) is 10.8 Å². The van der Waals surface area contributed by atoms with Gasteiger partial charge in [-0.2, -0.15) is 0 Å². The smallest absolute Gasteiger partial charge is 0.0363 e. The summed E-state index contributed by atoms with van der Waals surface area (Å²) in [5, 5.41) is 0. The quantitative estimate of drug-likeness (QED) is 0.827. The lowest BCUT2D eigenvalue weighted by atomic mass is 9.76. The van der Waals surface area contributed by atoms with Gasteiger partial charge in [0.2, 0.25) is 0 Å². The summed E-state index contributed by atoms with van der Waals surface area (Å²) in [5.41, 5.74) is 5.93. The minimum atomic E-state index is -0.562. The highest BCUT2D eigenvalue weighted by Crippen LogP contribution is 2.33. The van der Waals surface area contributed by atoms with E-state index < -0.39 is 10.8 Å². The summed E-state index contributed by atoms with van der Waals surface area (Å²) in [6, 6.07) is 0.663. The van der Waals surface area contributed by atoms with Crippen LogP contribution < -0.4 is 5.73 Å². The van der Waals surface area contributed by atoms with Crippen molar-refractivity contribution in [3.63, 3.8) is 0 Å². The Kier molecular flexibility index (Phi) is 5.00. The fourth-order valence-electron chi connectivity index (χ4n) is 3.37. The average molecular weight is 258 g/mol. The Hall–Kier alpha value is 0.0700. The van der Waals surface area contributed by atoms with Gasteiger partial charge < -0.3 is 5.73 Å². The third-order valence-electron chi connectivity index (χ3n) is 4.63. The Morgan fingerprint density at radius 2 is 2.00 bits per heavy atom. The molecule has 2 fully saturated rings. The first kappa shape index (κ1) is 13.5. The zero-order valence-electron chi connectivity index (χ0n) is 10.9. The van der Waals surface area contributed by atoms with Gasteiger partial charge in [-0.1, -0.05) is 19.8 Å². The lowest BCUT2D eigenvalue weighted by molar-refractivity contribution is 0.0882. The molecule has 1 saturated carbocycles. The predicted molar refractivity (Wildman–Crippen MR) is 73.4 cm³/mol. The number of rotatable bonds is 3. The van der Waals surface area contributed by atoms with Crippen molar-refractivity contribution in [2.45, 2.75) is 38.6 Å². The topological polar surface area (TPSA) is 46.3 Å². The Morgan fingerprint density at radius 1 is 1.29 bits per heavy atom. The van der Waals surface area contributed by atoms with Crippen LogP contribution in [0.5, 0.6) is 0 Å². The Bertz CT molecular complexity index is 262. The SMILES string of the molecule is CCC1CCC(CN)C(N2CCS(=O)CC2)C1. The second-order valence-electron chi connectivity index (χ2n) is 5.53. The maximum atomic E-state index is 11.4. The lowest BCUT2D eigenvalue weighted by Crippen LogP contribution is -2.51. The number of nitrogens with zero attached hydrogens (tertiary/aromatic N) is 1. The van der Waals surface area contributed by atoms with Gasteiger partial charge in [-0.25, -0.2) is 0 Å². The van der Waals surface area contributed by atoms with E-state index >= 15 is 0 Å². The summed E-state index contributed by atoms with van der Waals surface area (Å²) in [5.74, 6) is 3.29. The van der Waals surface area contributed by atoms with Gasteiger partial charge in [-0.15, -0.1) is 0 Å². The molecule has 0 aromatic rings. The molecule has 2 N–H and O–H groups in total. The summed E-state index contributed by atoms with van der Waals surface area (Å²) < 4.78 is 11.4. The van der Waals surface area contributed by atoms with Gasteiger partial charge in [0.15, 0.2) is 0 Å². The molecule has 1 aliphatic heterocycles. The van der Waals surface area contributed by atoms with E-state index in [4.69, 9.17) is 5.73 Å². The molecule has 2 rings (SSSR count). The first-order chi connectivity index (χ1) is 8.24. The van der Waals surface area contributed by atoms with Crippen LogP contribution in [0.2, 0.25) is 0 Å². The van der Waals surface area contributed by atoms with E-state index in [9.17, 15) is 4.21 Å². The summed E-state index contributed by atoms with van der Waals surface area (Å²) in [7, 11) is -0.562. The molecule has 3 atom stereocenters. The van der Waals surface area contributed by atoms with Crippen molar-refractivity contribution in [2.24, 2.45) is 17.6 Å². The third-order valence-corrected chi connectivity index (χ3v) is 5.90. The molecule has 1 saturated heterocycles. The summed E-state index contributed by atoms with van der Waals surface area (Å²) in [4.78, 5) is 2.57. The van der Waals surface area contributed by atoms with Crippen LogP contribution in [0.1, 0.15) is 32.6 Å². The van der Waals surface area contributed by atoms with Crippen molar-refractivity contribution in [1.82, 2.24) is 4.90 Å². The number of hydrogen-bond acceptors (Lipinski definition) is 3. The Labute approximate surface area is 108 Å². The molecular weight excluding hydrogens is 232 g/mol. The molecule has 1 aliphatic carbocycles. The van der Waals surface area contributed by atoms with Crippen molar-refractivity contribution in [1.29, 1.82) is 0 Å². The van der Waals surface area contributed by atoms with Crippen LogP contribution in [-0.4, -0.2) is 46.3 Å². The third kappa shape index (κ3) is 3.30. The molecule has 2 aliphatic rings. The zero-order valence-corrected chi connectivity index (χ0v) is 11.8. The van der Waals surface area contributed by atoms with Gasteiger partial charge in [0.25, 0.3) is 0 Å². The molecular formula is C13H26N2OS. The average Bonchev–Trinajstić information content (AvgIpc) is 2.39. The van der Waals surface area contributed by atoms with Gasteiger partial charge in [0.1, 0.15) is 0 Å². The standard InChI is InChI=1S/C13H26N2OS/c1-2-11-3-4-12(10-14)13(9-11)15-5-7-17(16)8-6-15/h11-13H,2-10,14H2,1H3. The molecule has 0 amide bonds. The lowest BCUT2D eigenvalue weighted by Gasteiger charge is -2.43. The van der Waals surface area contributed by atoms with E-state index in [0.717, 1.165) is 37.1 Å². The minimum Gasteiger partial charge on any atom is -0.330 e. The molecule has 0 bridgehead atoms. The van der Waals surface area contributed by atoms with Gasteiger partial charge in [0, 0.05) is 41.4 Å². The molecule has 17 heavy (non-hydrogen) atoms. The Balaban J connectivity index is 1.97. The molecule has 0 radical (unpaired) electrons. The second-order valence-corrected chi connectivity index (χ2v) is 7.23. The monoisotopic (exact) mass is 258 g/mol. The molecule has 0 spiro atoms. The van der Waals surface area contributed by atoms with Crippen LogP contribution >= 0.6 is 0 Å². The van der Waals surface area contributed by atoms with Crippen LogP contribution in [0, 0.1) is 11.8 Å². The van der Waals surface area contributed by atoms with Gasteiger partial charge >= 0.3 is 0 Å². The summed E-state index contributed by atoms with van der Waals surface area (Å²) in [6.07, 6.45) is 5.26. The predicted octanol–water partition coefficient (Wildman–Crippen LogP) is 1.20. The van der Waals surface area contributed by atoms with E-state index in [-0.39, 0.29) is 0 Å². The summed E-state index contributed by atoms with van der Waals surface area (Å²) in [6.45, 7) is 5.16. The van der Waals surface area contributed by atoms with Gasteiger partial charge in [-0.3, -0.25) is 9.11 Å². The fraction of sp³-hybridized carbons (Fsp3) is 1.00. The van der Waals surface area contributed by atoms with E-state index in [1.54, 1.807) is 0 Å². The van der Waals surface area contributed by atoms with Crippen LogP contribution in [0.4, 0.5) is 0 Å². The normalized spacial score (nSPS) is 37.2. The van der Waals surface area contributed by atoms with Crippen LogP contribution in [0.25, 0.3) is 0 Å². The first-order valence-corrected chi connectivity index (χ1v) is 8.52. The van der Waals surface area contributed by atoms with Crippen molar-refractivity contribution in [3.05, 3.63) is 0 Å². The van der Waals surface area contributed by atoms with Gasteiger partial charge in [0.05, 0.1) is 0 Å². The van der Waals surface area contributed by atoms with Crippen molar-refractivity contribution >= 4 is 10.8 Å². The highest BCUT2D eigenvalue weighted by molar-refractivity contribution is 7.85. The molecule has 0 aromatic carbocycles. The maximum absolute atomic E-state index is 11.4. The molecule has 0 aromatic heterocycles. The van der Waals surface area contributed by atoms with E-state index in [0.29, 0.717) is 12.0 Å². The maximum Gasteiger partial charge on any atom is 0.0363 e. The van der Waals surface area contributed by atoms with Gasteiger partial charge in [-0.05, 0) is 31.2 Å². The van der Waals surface area contributed by atoms with Crippen molar-refractivity contribution in [3.8, 4) is 0 Å². The fourth-order valence-corrected chi connectivity index (χ4v) is 4.45. The van der Waals surface area contributed by atoms with Crippen molar-refractivity contribution < 1.29 is 4.21 Å². The molecule has 1 heterocycles. The number of nitrogens with two attached hydrogens (primary N) is 1. The molecule has 4 heteroatoms. The zero-order chi connectivity index (χ0) is 12.3. The molecule has 100 valence electrons. The highest BCUT2D eigenvalue weighted by atomic mass is 32.2. The largest absolute Gasteiger partial charge is 0.330 e. The molecule has 3 nitrogen and oxygen atoms in total. The highest BCUT2D eigenvalue weighted by Gasteiger charge is 2.34. The molecule has 3 unspecified atom stereocenters. The Morgan fingerprint density at radius 3 is 2.59 bits per heavy atom. The van der Waals surface area contributed by atoms with Crippen LogP contribution in [0.3, 0.4) is 0 Å². The second kappa shape index (κ2) is 6.30.